The quantitative estimate of drug-likeness (QED) is 0.736. The van der Waals surface area contributed by atoms with Crippen molar-refractivity contribution in [2.24, 2.45) is 0 Å². The summed E-state index contributed by atoms with van der Waals surface area (Å²) in [5.74, 6) is 2.48. The lowest BCUT2D eigenvalue weighted by Gasteiger charge is -2.13. The van der Waals surface area contributed by atoms with Gasteiger partial charge in [0.2, 0.25) is 0 Å². The third kappa shape index (κ3) is 2.51. The molecule has 3 nitrogen and oxygen atoms in total. The van der Waals surface area contributed by atoms with Crippen molar-refractivity contribution in [1.29, 1.82) is 0 Å². The van der Waals surface area contributed by atoms with Gasteiger partial charge >= 0.3 is 0 Å². The minimum atomic E-state index is 0.0549. The van der Waals surface area contributed by atoms with Crippen molar-refractivity contribution in [2.75, 3.05) is 0 Å². The van der Waals surface area contributed by atoms with Crippen LogP contribution in [0.2, 0.25) is 5.15 Å². The first-order chi connectivity index (χ1) is 8.95. The highest BCUT2D eigenvalue weighted by Gasteiger charge is 2.22. The Balaban J connectivity index is 2.03. The maximum atomic E-state index is 6.23. The Morgan fingerprint density at radius 1 is 1.16 bits per heavy atom. The number of hydrogen-bond acceptors (Lipinski definition) is 5. The van der Waals surface area contributed by atoms with Crippen molar-refractivity contribution in [3.8, 4) is 11.5 Å². The molecule has 1 aliphatic heterocycles. The molecule has 0 fully saturated rings. The molecule has 0 N–H and O–H groups in total. The van der Waals surface area contributed by atoms with E-state index in [1.165, 1.54) is 0 Å². The van der Waals surface area contributed by atoms with Crippen LogP contribution in [0.3, 0.4) is 0 Å². The third-order valence-electron chi connectivity index (χ3n) is 2.90. The number of rotatable bonds is 1. The molecule has 0 amide bonds. The number of hydrogen-bond donors (Lipinski definition) is 0. The van der Waals surface area contributed by atoms with Crippen LogP contribution in [0.4, 0.5) is 0 Å². The molecule has 6 heteroatoms. The van der Waals surface area contributed by atoms with E-state index in [0.717, 1.165) is 33.5 Å². The molecular formula is C13H14ClN3S2. The van der Waals surface area contributed by atoms with Crippen LogP contribution < -0.4 is 0 Å². The molecule has 3 heterocycles. The van der Waals surface area contributed by atoms with Crippen LogP contribution in [0, 0.1) is 0 Å². The first-order valence-electron chi connectivity index (χ1n) is 6.04. The molecule has 100 valence electrons. The summed E-state index contributed by atoms with van der Waals surface area (Å²) in [6, 6.07) is 0. The van der Waals surface area contributed by atoms with E-state index in [1.54, 1.807) is 11.3 Å². The fraction of sp³-hybridized carbons (Fsp3) is 0.462. The monoisotopic (exact) mass is 311 g/mol. The van der Waals surface area contributed by atoms with E-state index in [9.17, 15) is 0 Å². The van der Waals surface area contributed by atoms with E-state index >= 15 is 0 Å². The van der Waals surface area contributed by atoms with Crippen molar-refractivity contribution in [3.63, 3.8) is 0 Å². The Morgan fingerprint density at radius 2 is 1.95 bits per heavy atom. The van der Waals surface area contributed by atoms with E-state index in [0.29, 0.717) is 11.0 Å². The lowest BCUT2D eigenvalue weighted by molar-refractivity contribution is 0.586. The largest absolute Gasteiger partial charge is 0.237 e. The number of fused-ring (bicyclic) bond motifs is 1. The van der Waals surface area contributed by atoms with Gasteiger partial charge in [0.25, 0.3) is 0 Å². The van der Waals surface area contributed by atoms with Crippen molar-refractivity contribution in [1.82, 2.24) is 15.0 Å². The normalized spacial score (nSPS) is 14.7. The molecule has 0 saturated carbocycles. The van der Waals surface area contributed by atoms with Gasteiger partial charge in [-0.25, -0.2) is 15.0 Å². The fourth-order valence-electron chi connectivity index (χ4n) is 1.85. The second-order valence-electron chi connectivity index (χ2n) is 5.54. The smallest absolute Gasteiger partial charge is 0.180 e. The number of halogens is 1. The minimum Gasteiger partial charge on any atom is -0.237 e. The van der Waals surface area contributed by atoms with Gasteiger partial charge in [0.1, 0.15) is 10.8 Å². The van der Waals surface area contributed by atoms with Gasteiger partial charge in [-0.1, -0.05) is 32.4 Å². The first kappa shape index (κ1) is 13.3. The molecular weight excluding hydrogens is 298 g/mol. The zero-order valence-electron chi connectivity index (χ0n) is 11.0. The predicted octanol–water partition coefficient (Wildman–Crippen LogP) is 4.30. The Labute approximate surface area is 125 Å². The van der Waals surface area contributed by atoms with Crippen LogP contribution >= 0.6 is 34.7 Å². The molecule has 0 radical (unpaired) electrons. The highest BCUT2D eigenvalue weighted by atomic mass is 35.5. The molecule has 0 bridgehead atoms. The lowest BCUT2D eigenvalue weighted by atomic mass is 9.98. The zero-order valence-corrected chi connectivity index (χ0v) is 13.4. The van der Waals surface area contributed by atoms with Crippen LogP contribution in [0.15, 0.2) is 5.38 Å². The molecule has 19 heavy (non-hydrogen) atoms. The lowest BCUT2D eigenvalue weighted by Crippen LogP contribution is -2.10. The third-order valence-corrected chi connectivity index (χ3v) is 5.45. The van der Waals surface area contributed by atoms with E-state index in [-0.39, 0.29) is 5.41 Å². The van der Waals surface area contributed by atoms with Crippen LogP contribution in [0.1, 0.15) is 37.0 Å². The Kier molecular flexibility index (Phi) is 3.31. The van der Waals surface area contributed by atoms with Crippen LogP contribution in [0.5, 0.6) is 0 Å². The summed E-state index contributed by atoms with van der Waals surface area (Å²) in [6.45, 7) is 6.47. The SMILES string of the molecule is CC(C)(C)c1nc(-c2nc(Cl)c3c(n2)CSC3)cs1. The van der Waals surface area contributed by atoms with Gasteiger partial charge in [0.05, 0.1) is 10.7 Å². The minimum absolute atomic E-state index is 0.0549. The first-order valence-corrected chi connectivity index (χ1v) is 8.46. The fourth-order valence-corrected chi connectivity index (χ4v) is 4.11. The van der Waals surface area contributed by atoms with Crippen molar-refractivity contribution in [2.45, 2.75) is 37.7 Å². The molecule has 0 spiro atoms. The number of thioether (sulfide) groups is 1. The van der Waals surface area contributed by atoms with Crippen molar-refractivity contribution >= 4 is 34.7 Å². The molecule has 0 atom stereocenters. The second-order valence-corrected chi connectivity index (χ2v) is 7.75. The summed E-state index contributed by atoms with van der Waals surface area (Å²) < 4.78 is 0. The van der Waals surface area contributed by atoms with Crippen LogP contribution in [-0.4, -0.2) is 15.0 Å². The van der Waals surface area contributed by atoms with Crippen LogP contribution in [-0.2, 0) is 16.9 Å². The summed E-state index contributed by atoms with van der Waals surface area (Å²) in [5, 5.41) is 3.69. The van der Waals surface area contributed by atoms with Gasteiger partial charge in [0.15, 0.2) is 5.82 Å². The summed E-state index contributed by atoms with van der Waals surface area (Å²) in [5.41, 5.74) is 3.03. The molecule has 0 aliphatic carbocycles. The van der Waals surface area contributed by atoms with E-state index in [4.69, 9.17) is 11.6 Å². The second kappa shape index (κ2) is 4.72. The molecule has 0 unspecified atom stereocenters. The van der Waals surface area contributed by atoms with E-state index in [1.807, 2.05) is 17.1 Å². The Hall–Kier alpha value is -0.650. The summed E-state index contributed by atoms with van der Waals surface area (Å²) in [7, 11) is 0. The van der Waals surface area contributed by atoms with Gasteiger partial charge in [-0.2, -0.15) is 11.8 Å². The average molecular weight is 312 g/mol. The van der Waals surface area contributed by atoms with Crippen LogP contribution in [0.25, 0.3) is 11.5 Å². The maximum absolute atomic E-state index is 6.23. The topological polar surface area (TPSA) is 38.7 Å². The predicted molar refractivity (Wildman–Crippen MR) is 81.8 cm³/mol. The molecule has 2 aromatic rings. The molecule has 2 aromatic heterocycles. The highest BCUT2D eigenvalue weighted by molar-refractivity contribution is 7.98. The molecule has 1 aliphatic rings. The molecule has 0 saturated heterocycles. The average Bonchev–Trinajstić information content (AvgIpc) is 2.96. The van der Waals surface area contributed by atoms with Gasteiger partial charge in [-0.3, -0.25) is 0 Å². The van der Waals surface area contributed by atoms with Gasteiger partial charge in [0, 0.05) is 27.9 Å². The van der Waals surface area contributed by atoms with Gasteiger partial charge in [-0.05, 0) is 0 Å². The zero-order chi connectivity index (χ0) is 13.6. The molecule has 0 aromatic carbocycles. The summed E-state index contributed by atoms with van der Waals surface area (Å²) >= 11 is 9.71. The standard InChI is InChI=1S/C13H14ClN3S2/c1-13(2,3)12-16-9(6-19-12)11-15-8-5-18-4-7(8)10(14)17-11/h6H,4-5H2,1-3H3. The molecule has 3 rings (SSSR count). The van der Waals surface area contributed by atoms with Crippen molar-refractivity contribution < 1.29 is 0 Å². The number of aromatic nitrogens is 3. The Bertz CT molecular complexity index is 631. The van der Waals surface area contributed by atoms with E-state index < -0.39 is 0 Å². The van der Waals surface area contributed by atoms with Gasteiger partial charge < -0.3 is 0 Å². The van der Waals surface area contributed by atoms with Crippen molar-refractivity contribution in [3.05, 3.63) is 26.8 Å². The van der Waals surface area contributed by atoms with Gasteiger partial charge in [-0.15, -0.1) is 11.3 Å². The van der Waals surface area contributed by atoms with E-state index in [2.05, 4.69) is 35.7 Å². The number of nitrogens with zero attached hydrogens (tertiary/aromatic N) is 3. The summed E-state index contributed by atoms with van der Waals surface area (Å²) in [4.78, 5) is 13.6. The Morgan fingerprint density at radius 3 is 2.63 bits per heavy atom. The number of thiazole rings is 1. The highest BCUT2D eigenvalue weighted by Crippen LogP contribution is 2.35. The summed E-state index contributed by atoms with van der Waals surface area (Å²) in [6.07, 6.45) is 0. The maximum Gasteiger partial charge on any atom is 0.180 e.